The van der Waals surface area contributed by atoms with Crippen LogP contribution in [0.3, 0.4) is 0 Å². The van der Waals surface area contributed by atoms with Gasteiger partial charge in [0.25, 0.3) is 11.8 Å². The summed E-state index contributed by atoms with van der Waals surface area (Å²) in [4.78, 5) is 26.3. The second-order valence-electron chi connectivity index (χ2n) is 9.43. The highest BCUT2D eigenvalue weighted by Gasteiger charge is 2.56. The molecule has 7 heteroatoms. The van der Waals surface area contributed by atoms with Crippen molar-refractivity contribution in [2.45, 2.75) is 26.3 Å². The Balaban J connectivity index is 1.36. The van der Waals surface area contributed by atoms with Gasteiger partial charge in [-0.2, -0.15) is 10.1 Å². The van der Waals surface area contributed by atoms with Crippen LogP contribution in [0.25, 0.3) is 10.9 Å². The van der Waals surface area contributed by atoms with Gasteiger partial charge in [-0.3, -0.25) is 9.59 Å². The molecule has 0 unspecified atom stereocenters. The molecular weight excluding hydrogens is 469 g/mol. The number of allylic oxidation sites excluding steroid dienone is 2. The number of imide groups is 1. The second kappa shape index (κ2) is 8.10. The van der Waals surface area contributed by atoms with Gasteiger partial charge in [0.05, 0.1) is 28.1 Å². The Labute approximate surface area is 207 Å². The van der Waals surface area contributed by atoms with Crippen LogP contribution in [0.1, 0.15) is 29.7 Å². The molecule has 7 rings (SSSR count). The number of rotatable bonds is 4. The van der Waals surface area contributed by atoms with Crippen LogP contribution < -0.4 is 0 Å². The lowest BCUT2D eigenvalue weighted by Gasteiger charge is -2.37. The molecule has 1 saturated carbocycles. The standard InChI is InChI=1S/C27H23Cl2N3O2/c1-15-20(13-30-32-26(33)24-17-7-8-18(10-9-17)25(24)27(32)34)19-4-2-3-5-23(19)31(15)14-16-6-11-21(28)22(29)12-16/h2-8,11-13,17-18,24-25H,9-10,14H2,1H3/b30-13-/t17-,18-,24-,25-/m0/s1. The lowest BCUT2D eigenvalue weighted by molar-refractivity contribution is -0.140. The number of hydrogen-bond donors (Lipinski definition) is 0. The third kappa shape index (κ3) is 3.25. The molecule has 3 aliphatic carbocycles. The van der Waals surface area contributed by atoms with E-state index in [0.717, 1.165) is 45.6 Å². The molecule has 34 heavy (non-hydrogen) atoms. The monoisotopic (exact) mass is 491 g/mol. The molecule has 1 aromatic heterocycles. The largest absolute Gasteiger partial charge is 0.340 e. The zero-order valence-electron chi connectivity index (χ0n) is 18.6. The summed E-state index contributed by atoms with van der Waals surface area (Å²) >= 11 is 12.3. The SMILES string of the molecule is Cc1c(/C=N\N2C(=O)[C@@H]3[C@@H](C2=O)[C@H]2C=C[C@H]3CC2)c2ccccc2n1Cc1ccc(Cl)c(Cl)c1. The number of fused-ring (bicyclic) bond motifs is 2. The number of hydrogen-bond acceptors (Lipinski definition) is 3. The molecule has 2 fully saturated rings. The van der Waals surface area contributed by atoms with Crippen molar-refractivity contribution in [3.05, 3.63) is 81.5 Å². The first kappa shape index (κ1) is 21.6. The number of carbonyl (C=O) groups excluding carboxylic acids is 2. The Morgan fingerprint density at radius 2 is 1.65 bits per heavy atom. The lowest BCUT2D eigenvalue weighted by Crippen LogP contribution is -2.38. The third-order valence-corrected chi connectivity index (χ3v) is 8.38. The lowest BCUT2D eigenvalue weighted by atomic mass is 9.63. The molecule has 2 amide bonds. The van der Waals surface area contributed by atoms with E-state index in [1.165, 1.54) is 0 Å². The highest BCUT2D eigenvalue weighted by molar-refractivity contribution is 6.42. The van der Waals surface area contributed by atoms with E-state index in [4.69, 9.17) is 23.2 Å². The van der Waals surface area contributed by atoms with Crippen LogP contribution in [-0.2, 0) is 16.1 Å². The predicted octanol–water partition coefficient (Wildman–Crippen LogP) is 5.84. The van der Waals surface area contributed by atoms with E-state index < -0.39 is 0 Å². The van der Waals surface area contributed by atoms with E-state index >= 15 is 0 Å². The molecule has 3 aromatic rings. The van der Waals surface area contributed by atoms with E-state index in [2.05, 4.69) is 27.9 Å². The smallest absolute Gasteiger partial charge is 0.254 e. The summed E-state index contributed by atoms with van der Waals surface area (Å²) in [5.41, 5.74) is 3.96. The Hall–Kier alpha value is -2.89. The van der Waals surface area contributed by atoms with Gasteiger partial charge in [0.2, 0.25) is 0 Å². The molecule has 0 radical (unpaired) electrons. The van der Waals surface area contributed by atoms with Gasteiger partial charge in [-0.1, -0.05) is 59.6 Å². The Bertz CT molecular complexity index is 1370. The zero-order chi connectivity index (χ0) is 23.6. The average Bonchev–Trinajstić information content (AvgIpc) is 3.27. The van der Waals surface area contributed by atoms with Gasteiger partial charge < -0.3 is 4.57 Å². The molecule has 0 spiro atoms. The van der Waals surface area contributed by atoms with Gasteiger partial charge >= 0.3 is 0 Å². The minimum absolute atomic E-state index is 0.154. The molecule has 2 heterocycles. The third-order valence-electron chi connectivity index (χ3n) is 7.64. The van der Waals surface area contributed by atoms with Crippen molar-refractivity contribution in [1.82, 2.24) is 9.58 Å². The molecule has 2 aromatic carbocycles. The Kier molecular flexibility index (Phi) is 5.16. The fourth-order valence-electron chi connectivity index (χ4n) is 5.93. The topological polar surface area (TPSA) is 54.7 Å². The van der Waals surface area contributed by atoms with Crippen molar-refractivity contribution in [3.8, 4) is 0 Å². The van der Waals surface area contributed by atoms with E-state index in [9.17, 15) is 9.59 Å². The maximum Gasteiger partial charge on any atom is 0.254 e. The first-order valence-corrected chi connectivity index (χ1v) is 12.3. The van der Waals surface area contributed by atoms with E-state index in [1.807, 2.05) is 37.3 Å². The van der Waals surface area contributed by atoms with E-state index in [1.54, 1.807) is 12.3 Å². The summed E-state index contributed by atoms with van der Waals surface area (Å²) in [5.74, 6) is -0.538. The summed E-state index contributed by atoms with van der Waals surface area (Å²) in [6.45, 7) is 2.63. The predicted molar refractivity (Wildman–Crippen MR) is 134 cm³/mol. The Morgan fingerprint density at radius 3 is 2.29 bits per heavy atom. The first-order valence-electron chi connectivity index (χ1n) is 11.6. The molecule has 4 aliphatic rings. The summed E-state index contributed by atoms with van der Waals surface area (Å²) in [6.07, 6.45) is 7.86. The molecule has 4 atom stereocenters. The first-order chi connectivity index (χ1) is 16.4. The van der Waals surface area contributed by atoms with Crippen LogP contribution in [-0.4, -0.2) is 27.6 Å². The molecule has 2 bridgehead atoms. The van der Waals surface area contributed by atoms with Crippen LogP contribution in [0, 0.1) is 30.6 Å². The quantitative estimate of drug-likeness (QED) is 0.261. The molecular formula is C27H23Cl2N3O2. The maximum atomic E-state index is 13.1. The molecule has 1 aliphatic heterocycles. The minimum Gasteiger partial charge on any atom is -0.340 e. The minimum atomic E-state index is -0.259. The summed E-state index contributed by atoms with van der Waals surface area (Å²) in [7, 11) is 0. The van der Waals surface area contributed by atoms with Crippen molar-refractivity contribution >= 4 is 52.1 Å². The fraction of sp³-hybridized carbons (Fsp3) is 0.296. The molecule has 0 N–H and O–H groups in total. The molecule has 5 nitrogen and oxygen atoms in total. The number of aromatic nitrogens is 1. The maximum absolute atomic E-state index is 13.1. The van der Waals surface area contributed by atoms with Crippen LogP contribution in [0.2, 0.25) is 10.0 Å². The average molecular weight is 492 g/mol. The van der Waals surface area contributed by atoms with Crippen molar-refractivity contribution in [2.75, 3.05) is 0 Å². The summed E-state index contributed by atoms with van der Waals surface area (Å²) < 4.78 is 2.19. The van der Waals surface area contributed by atoms with Crippen LogP contribution >= 0.6 is 23.2 Å². The van der Waals surface area contributed by atoms with Crippen LogP contribution in [0.5, 0.6) is 0 Å². The number of hydrazone groups is 1. The number of para-hydroxylation sites is 1. The number of amides is 2. The highest BCUT2D eigenvalue weighted by Crippen LogP contribution is 2.49. The fourth-order valence-corrected chi connectivity index (χ4v) is 6.25. The molecule has 1 saturated heterocycles. The number of nitrogens with zero attached hydrogens (tertiary/aromatic N) is 3. The number of carbonyl (C=O) groups is 2. The van der Waals surface area contributed by atoms with Gasteiger partial charge in [0.15, 0.2) is 0 Å². The highest BCUT2D eigenvalue weighted by atomic mass is 35.5. The number of benzene rings is 2. The molecule has 172 valence electrons. The van der Waals surface area contributed by atoms with Crippen LogP contribution in [0.4, 0.5) is 0 Å². The van der Waals surface area contributed by atoms with Crippen molar-refractivity contribution < 1.29 is 9.59 Å². The second-order valence-corrected chi connectivity index (χ2v) is 10.2. The van der Waals surface area contributed by atoms with Gasteiger partial charge in [0.1, 0.15) is 0 Å². The van der Waals surface area contributed by atoms with Crippen molar-refractivity contribution in [2.24, 2.45) is 28.8 Å². The van der Waals surface area contributed by atoms with E-state index in [-0.39, 0.29) is 35.5 Å². The van der Waals surface area contributed by atoms with Crippen molar-refractivity contribution in [3.63, 3.8) is 0 Å². The van der Waals surface area contributed by atoms with Gasteiger partial charge in [-0.25, -0.2) is 0 Å². The van der Waals surface area contributed by atoms with Gasteiger partial charge in [0, 0.05) is 28.7 Å². The summed E-state index contributed by atoms with van der Waals surface area (Å²) in [6, 6.07) is 13.7. The van der Waals surface area contributed by atoms with Crippen LogP contribution in [0.15, 0.2) is 59.7 Å². The van der Waals surface area contributed by atoms with E-state index in [0.29, 0.717) is 16.6 Å². The van der Waals surface area contributed by atoms with Gasteiger partial charge in [-0.15, -0.1) is 0 Å². The Morgan fingerprint density at radius 1 is 0.971 bits per heavy atom. The van der Waals surface area contributed by atoms with Gasteiger partial charge in [-0.05, 0) is 55.4 Å². The van der Waals surface area contributed by atoms with Crippen molar-refractivity contribution in [1.29, 1.82) is 0 Å². The zero-order valence-corrected chi connectivity index (χ0v) is 20.1. The summed E-state index contributed by atoms with van der Waals surface area (Å²) in [5, 5.41) is 7.65. The normalized spacial score (nSPS) is 25.8. The number of halogens is 2.